The lowest BCUT2D eigenvalue weighted by atomic mass is 9.78. The van der Waals surface area contributed by atoms with Gasteiger partial charge in [-0.2, -0.15) is 0 Å². The number of carbonyl (C=O) groups excluding carboxylic acids is 1. The van der Waals surface area contributed by atoms with Crippen LogP contribution >= 0.6 is 11.8 Å². The number of nitrogens with two attached hydrogens (primary N) is 1. The van der Waals surface area contributed by atoms with Crippen molar-refractivity contribution in [3.05, 3.63) is 58.9 Å². The molecule has 0 spiro atoms. The molecule has 2 N–H and O–H groups in total. The van der Waals surface area contributed by atoms with E-state index in [0.717, 1.165) is 12.4 Å². The van der Waals surface area contributed by atoms with E-state index in [1.165, 1.54) is 23.9 Å². The van der Waals surface area contributed by atoms with Crippen molar-refractivity contribution in [1.29, 1.82) is 0 Å². The van der Waals surface area contributed by atoms with E-state index in [9.17, 15) is 18.0 Å². The third-order valence-corrected chi connectivity index (χ3v) is 6.42. The zero-order valence-electron chi connectivity index (χ0n) is 16.0. The lowest BCUT2D eigenvalue weighted by molar-refractivity contribution is 0.0986. The van der Waals surface area contributed by atoms with Crippen molar-refractivity contribution in [1.82, 2.24) is 9.97 Å². The summed E-state index contributed by atoms with van der Waals surface area (Å²) in [6, 6.07) is 4.41. The second-order valence-electron chi connectivity index (χ2n) is 7.35. The highest BCUT2D eigenvalue weighted by Gasteiger charge is 2.52. The molecular formula is C20H19F3N4O2S. The van der Waals surface area contributed by atoms with E-state index >= 15 is 0 Å². The van der Waals surface area contributed by atoms with Gasteiger partial charge >= 0.3 is 0 Å². The van der Waals surface area contributed by atoms with Crippen LogP contribution in [0.4, 0.5) is 13.2 Å². The van der Waals surface area contributed by atoms with Crippen LogP contribution in [-0.4, -0.2) is 39.4 Å². The summed E-state index contributed by atoms with van der Waals surface area (Å²) in [5, 5.41) is 0.374. The van der Waals surface area contributed by atoms with Crippen molar-refractivity contribution in [3.8, 4) is 0 Å². The van der Waals surface area contributed by atoms with Gasteiger partial charge in [0.2, 0.25) is 0 Å². The van der Waals surface area contributed by atoms with E-state index in [2.05, 4.69) is 15.0 Å². The van der Waals surface area contributed by atoms with Crippen molar-refractivity contribution in [2.45, 2.75) is 31.4 Å². The van der Waals surface area contributed by atoms with Crippen LogP contribution in [-0.2, 0) is 16.7 Å². The number of nitrogens with zero attached hydrogens (tertiary/aromatic N) is 3. The van der Waals surface area contributed by atoms with Gasteiger partial charge in [0.05, 0.1) is 25.1 Å². The van der Waals surface area contributed by atoms with Gasteiger partial charge in [-0.25, -0.2) is 23.1 Å². The summed E-state index contributed by atoms with van der Waals surface area (Å²) in [6.45, 7) is 2.13. The molecular weight excluding hydrogens is 417 g/mol. The number of fused-ring (bicyclic) bond motifs is 1. The van der Waals surface area contributed by atoms with E-state index < -0.39 is 29.3 Å². The monoisotopic (exact) mass is 436 g/mol. The fraction of sp³-hybridized carbons (Fsp3) is 0.400. The maximum absolute atomic E-state index is 14.9. The molecule has 30 heavy (non-hydrogen) atoms. The van der Waals surface area contributed by atoms with Gasteiger partial charge in [-0.15, -0.1) is 0 Å². The van der Waals surface area contributed by atoms with Gasteiger partial charge in [0.25, 0.3) is 6.43 Å². The summed E-state index contributed by atoms with van der Waals surface area (Å²) in [5.74, 6) is -0.250. The molecule has 0 radical (unpaired) electrons. The van der Waals surface area contributed by atoms with Gasteiger partial charge in [-0.3, -0.25) is 9.78 Å². The standard InChI is InChI=1S/C20H19F3N4O2S/c1-10-13-8-30-19(24)27-20(13,9-29-10)12-4-11(2-3-14(12)21)5-17(28)15-6-26-16(7-25-15)18(22)23/h2-4,6-7,10,13,18H,5,8-9H2,1H3,(H2,24,27)/t10-,13-,20-/m1/s1. The molecule has 2 aromatic rings. The molecule has 4 rings (SSSR count). The first kappa shape index (κ1) is 20.8. The van der Waals surface area contributed by atoms with E-state index in [1.54, 1.807) is 6.07 Å². The summed E-state index contributed by atoms with van der Waals surface area (Å²) < 4.78 is 45.9. The zero-order valence-corrected chi connectivity index (χ0v) is 16.8. The normalized spacial score (nSPS) is 25.8. The van der Waals surface area contributed by atoms with Crippen molar-refractivity contribution in [2.24, 2.45) is 16.6 Å². The van der Waals surface area contributed by atoms with Gasteiger partial charge in [0.1, 0.15) is 22.7 Å². The zero-order chi connectivity index (χ0) is 21.5. The quantitative estimate of drug-likeness (QED) is 0.724. The molecule has 10 heteroatoms. The average molecular weight is 436 g/mol. The topological polar surface area (TPSA) is 90.5 Å². The van der Waals surface area contributed by atoms with Crippen LogP contribution in [0.2, 0.25) is 0 Å². The first-order chi connectivity index (χ1) is 14.3. The van der Waals surface area contributed by atoms with E-state index in [-0.39, 0.29) is 30.7 Å². The number of aromatic nitrogens is 2. The Morgan fingerprint density at radius 1 is 1.37 bits per heavy atom. The fourth-order valence-corrected chi connectivity index (χ4v) is 5.01. The number of halogens is 3. The minimum atomic E-state index is -2.76. The molecule has 158 valence electrons. The molecule has 2 aliphatic heterocycles. The van der Waals surface area contributed by atoms with E-state index in [1.807, 2.05) is 6.92 Å². The Kier molecular flexibility index (Phi) is 5.54. The Morgan fingerprint density at radius 2 is 2.17 bits per heavy atom. The molecule has 0 saturated carbocycles. The lowest BCUT2D eigenvalue weighted by Gasteiger charge is -2.35. The van der Waals surface area contributed by atoms with Crippen LogP contribution in [0, 0.1) is 11.7 Å². The number of ether oxygens (including phenoxy) is 1. The van der Waals surface area contributed by atoms with Crippen LogP contribution < -0.4 is 5.73 Å². The van der Waals surface area contributed by atoms with Crippen LogP contribution in [0.1, 0.15) is 40.7 Å². The van der Waals surface area contributed by atoms with Crippen LogP contribution in [0.25, 0.3) is 0 Å². The van der Waals surface area contributed by atoms with Gasteiger partial charge in [-0.05, 0) is 24.6 Å². The summed E-state index contributed by atoms with van der Waals surface area (Å²) in [6.07, 6.45) is -1.04. The predicted octanol–water partition coefficient (Wildman–Crippen LogP) is 3.27. The Morgan fingerprint density at radius 3 is 2.87 bits per heavy atom. The molecule has 1 aromatic heterocycles. The molecule has 0 bridgehead atoms. The van der Waals surface area contributed by atoms with Crippen molar-refractivity contribution in [3.63, 3.8) is 0 Å². The SMILES string of the molecule is C[C@H]1OC[C@]2(c3cc(CC(=O)c4cnc(C(F)F)cn4)ccc3F)N=C(N)SC[C@H]12. The number of alkyl halides is 2. The summed E-state index contributed by atoms with van der Waals surface area (Å²) in [4.78, 5) is 24.4. The number of aliphatic imine (C=N–C) groups is 1. The van der Waals surface area contributed by atoms with Gasteiger partial charge in [0, 0.05) is 23.7 Å². The Labute approximate surface area is 175 Å². The predicted molar refractivity (Wildman–Crippen MR) is 106 cm³/mol. The molecule has 0 aliphatic carbocycles. The molecule has 1 fully saturated rings. The number of amidine groups is 1. The number of carbonyl (C=O) groups is 1. The van der Waals surface area contributed by atoms with Crippen LogP contribution in [0.3, 0.4) is 0 Å². The largest absolute Gasteiger partial charge is 0.379 e. The number of thioether (sulfide) groups is 1. The maximum Gasteiger partial charge on any atom is 0.281 e. The number of Topliss-reactive ketones (excluding diaryl/α,β-unsaturated/α-hetero) is 1. The second kappa shape index (κ2) is 7.99. The minimum absolute atomic E-state index is 0.0320. The van der Waals surface area contributed by atoms with Crippen molar-refractivity contribution in [2.75, 3.05) is 12.4 Å². The summed E-state index contributed by atoms with van der Waals surface area (Å²) in [7, 11) is 0. The molecule has 1 saturated heterocycles. The first-order valence-electron chi connectivity index (χ1n) is 9.32. The Balaban J connectivity index is 1.64. The van der Waals surface area contributed by atoms with Gasteiger partial charge in [-0.1, -0.05) is 17.8 Å². The summed E-state index contributed by atoms with van der Waals surface area (Å²) in [5.41, 5.74) is 5.37. The average Bonchev–Trinajstić information content (AvgIpc) is 3.06. The van der Waals surface area contributed by atoms with Crippen molar-refractivity contribution < 1.29 is 22.7 Å². The highest BCUT2D eigenvalue weighted by Crippen LogP contribution is 2.48. The second-order valence-corrected chi connectivity index (χ2v) is 8.39. The van der Waals surface area contributed by atoms with Gasteiger partial charge < -0.3 is 10.5 Å². The number of rotatable bonds is 5. The maximum atomic E-state index is 14.9. The summed E-state index contributed by atoms with van der Waals surface area (Å²) >= 11 is 1.42. The highest BCUT2D eigenvalue weighted by atomic mass is 32.2. The minimum Gasteiger partial charge on any atom is -0.379 e. The third kappa shape index (κ3) is 3.69. The van der Waals surface area contributed by atoms with Gasteiger partial charge in [0.15, 0.2) is 11.0 Å². The van der Waals surface area contributed by atoms with Crippen LogP contribution in [0.15, 0.2) is 35.6 Å². The van der Waals surface area contributed by atoms with E-state index in [0.29, 0.717) is 22.0 Å². The fourth-order valence-electron chi connectivity index (χ4n) is 3.89. The third-order valence-electron chi connectivity index (χ3n) is 5.51. The highest BCUT2D eigenvalue weighted by molar-refractivity contribution is 8.13. The lowest BCUT2D eigenvalue weighted by Crippen LogP contribution is -2.41. The number of benzene rings is 1. The molecule has 3 atom stereocenters. The number of ketones is 1. The molecule has 0 amide bonds. The number of hydrogen-bond acceptors (Lipinski definition) is 7. The Bertz CT molecular complexity index is 1000. The molecule has 6 nitrogen and oxygen atoms in total. The molecule has 3 heterocycles. The molecule has 0 unspecified atom stereocenters. The number of hydrogen-bond donors (Lipinski definition) is 1. The van der Waals surface area contributed by atoms with E-state index in [4.69, 9.17) is 10.5 Å². The smallest absolute Gasteiger partial charge is 0.281 e. The van der Waals surface area contributed by atoms with Crippen LogP contribution in [0.5, 0.6) is 0 Å². The molecule has 2 aliphatic rings. The van der Waals surface area contributed by atoms with Crippen molar-refractivity contribution >= 4 is 22.7 Å². The first-order valence-corrected chi connectivity index (χ1v) is 10.3. The molecule has 1 aromatic carbocycles. The Hall–Kier alpha value is -2.46.